The minimum absolute atomic E-state index is 0.0774. The van der Waals surface area contributed by atoms with E-state index in [2.05, 4.69) is 15.1 Å². The highest BCUT2D eigenvalue weighted by atomic mass is 32.2. The molecule has 0 radical (unpaired) electrons. The van der Waals surface area contributed by atoms with E-state index < -0.39 is 11.7 Å². The number of fused-ring (bicyclic) bond motifs is 1. The first-order chi connectivity index (χ1) is 14.3. The Morgan fingerprint density at radius 2 is 2.07 bits per heavy atom. The van der Waals surface area contributed by atoms with Gasteiger partial charge in [0.15, 0.2) is 5.16 Å². The van der Waals surface area contributed by atoms with Crippen molar-refractivity contribution in [1.29, 1.82) is 0 Å². The van der Waals surface area contributed by atoms with Gasteiger partial charge in [-0.2, -0.15) is 18.2 Å². The Labute approximate surface area is 176 Å². The van der Waals surface area contributed by atoms with Crippen molar-refractivity contribution >= 4 is 33.3 Å². The van der Waals surface area contributed by atoms with Gasteiger partial charge in [-0.1, -0.05) is 29.1 Å². The van der Waals surface area contributed by atoms with Crippen LogP contribution >= 0.6 is 23.1 Å². The average molecular weight is 452 g/mol. The summed E-state index contributed by atoms with van der Waals surface area (Å²) in [6.45, 7) is 0. The van der Waals surface area contributed by atoms with E-state index in [0.717, 1.165) is 12.1 Å². The second-order valence-corrected chi connectivity index (χ2v) is 8.40. The van der Waals surface area contributed by atoms with Gasteiger partial charge in [-0.15, -0.1) is 11.3 Å². The van der Waals surface area contributed by atoms with Crippen molar-refractivity contribution in [2.24, 2.45) is 7.05 Å². The first kappa shape index (κ1) is 20.6. The largest absolute Gasteiger partial charge is 0.416 e. The molecule has 4 rings (SSSR count). The van der Waals surface area contributed by atoms with Crippen molar-refractivity contribution < 1.29 is 17.7 Å². The molecule has 1 aromatic carbocycles. The van der Waals surface area contributed by atoms with Crippen LogP contribution < -0.4 is 5.56 Å². The van der Waals surface area contributed by atoms with Gasteiger partial charge in [0, 0.05) is 24.8 Å². The Morgan fingerprint density at radius 1 is 1.23 bits per heavy atom. The van der Waals surface area contributed by atoms with Crippen LogP contribution in [0.2, 0.25) is 0 Å². The fraction of sp³-hybridized carbons (Fsp3) is 0.263. The molecule has 0 aliphatic rings. The zero-order valence-electron chi connectivity index (χ0n) is 15.6. The number of nitrogens with zero attached hydrogens (tertiary/aromatic N) is 4. The lowest BCUT2D eigenvalue weighted by molar-refractivity contribution is -0.137. The summed E-state index contributed by atoms with van der Waals surface area (Å²) in [4.78, 5) is 21.7. The maximum Gasteiger partial charge on any atom is 0.416 e. The van der Waals surface area contributed by atoms with Crippen molar-refractivity contribution in [3.8, 4) is 11.4 Å². The molecule has 0 N–H and O–H groups in total. The number of hydrogen-bond donors (Lipinski definition) is 0. The van der Waals surface area contributed by atoms with Gasteiger partial charge in [-0.3, -0.25) is 9.36 Å². The Hall–Kier alpha value is -2.66. The molecule has 3 heterocycles. The maximum absolute atomic E-state index is 12.9. The highest BCUT2D eigenvalue weighted by molar-refractivity contribution is 7.99. The van der Waals surface area contributed by atoms with Crippen molar-refractivity contribution in [2.75, 3.05) is 5.75 Å². The summed E-state index contributed by atoms with van der Waals surface area (Å²) < 4.78 is 45.3. The van der Waals surface area contributed by atoms with Crippen LogP contribution in [0.25, 0.3) is 21.6 Å². The zero-order chi connectivity index (χ0) is 21.3. The number of aryl methyl sites for hydroxylation is 1. The molecule has 0 saturated carbocycles. The highest BCUT2D eigenvalue weighted by Gasteiger charge is 2.30. The summed E-state index contributed by atoms with van der Waals surface area (Å²) in [5.74, 6) is 1.13. The van der Waals surface area contributed by atoms with E-state index >= 15 is 0 Å². The van der Waals surface area contributed by atoms with Crippen molar-refractivity contribution in [3.63, 3.8) is 0 Å². The zero-order valence-corrected chi connectivity index (χ0v) is 17.3. The summed E-state index contributed by atoms with van der Waals surface area (Å²) in [7, 11) is 1.69. The predicted molar refractivity (Wildman–Crippen MR) is 109 cm³/mol. The molecule has 0 amide bonds. The number of alkyl halides is 3. The van der Waals surface area contributed by atoms with Gasteiger partial charge >= 0.3 is 6.18 Å². The number of halogens is 3. The topological polar surface area (TPSA) is 73.8 Å². The van der Waals surface area contributed by atoms with E-state index in [1.165, 1.54) is 39.8 Å². The van der Waals surface area contributed by atoms with Crippen molar-refractivity contribution in [3.05, 3.63) is 57.5 Å². The number of benzene rings is 1. The predicted octanol–water partition coefficient (Wildman–Crippen LogP) is 4.79. The van der Waals surface area contributed by atoms with Crippen molar-refractivity contribution in [2.45, 2.75) is 24.2 Å². The van der Waals surface area contributed by atoms with Gasteiger partial charge in [0.2, 0.25) is 11.7 Å². The lowest BCUT2D eigenvalue weighted by Crippen LogP contribution is -2.19. The monoisotopic (exact) mass is 452 g/mol. The van der Waals surface area contributed by atoms with Crippen LogP contribution in [0, 0.1) is 0 Å². The lowest BCUT2D eigenvalue weighted by atomic mass is 10.1. The van der Waals surface area contributed by atoms with Crippen LogP contribution in [0.3, 0.4) is 0 Å². The van der Waals surface area contributed by atoms with Crippen LogP contribution in [0.15, 0.2) is 50.2 Å². The minimum Gasteiger partial charge on any atom is -0.339 e. The Kier molecular flexibility index (Phi) is 5.65. The third-order valence-corrected chi connectivity index (χ3v) is 6.27. The fourth-order valence-electron chi connectivity index (χ4n) is 2.80. The van der Waals surface area contributed by atoms with Gasteiger partial charge in [0.1, 0.15) is 4.83 Å². The molecule has 6 nitrogen and oxygen atoms in total. The molecular formula is C19H15F3N4O2S2. The van der Waals surface area contributed by atoms with Crippen LogP contribution in [-0.2, 0) is 19.6 Å². The summed E-state index contributed by atoms with van der Waals surface area (Å²) in [6, 6.07) is 6.58. The normalized spacial score (nSPS) is 12.0. The number of thioether (sulfide) groups is 1. The first-order valence-corrected chi connectivity index (χ1v) is 10.8. The molecule has 30 heavy (non-hydrogen) atoms. The summed E-state index contributed by atoms with van der Waals surface area (Å²) in [6.07, 6.45) is -3.29. The minimum atomic E-state index is -4.43. The molecule has 0 aliphatic heterocycles. The van der Waals surface area contributed by atoms with Crippen LogP contribution in [0.5, 0.6) is 0 Å². The average Bonchev–Trinajstić information content (AvgIpc) is 3.38. The second-order valence-electron chi connectivity index (χ2n) is 6.44. The number of aromatic nitrogens is 4. The van der Waals surface area contributed by atoms with Gasteiger partial charge in [0.05, 0.1) is 10.9 Å². The molecular weight excluding hydrogens is 437 g/mol. The maximum atomic E-state index is 12.9. The van der Waals surface area contributed by atoms with E-state index in [-0.39, 0.29) is 16.9 Å². The molecule has 0 unspecified atom stereocenters. The molecule has 0 fully saturated rings. The molecule has 0 bridgehead atoms. The van der Waals surface area contributed by atoms with E-state index in [1.54, 1.807) is 13.1 Å². The van der Waals surface area contributed by atoms with E-state index in [0.29, 0.717) is 39.9 Å². The second kappa shape index (κ2) is 8.23. The lowest BCUT2D eigenvalue weighted by Gasteiger charge is -2.06. The molecule has 0 aliphatic carbocycles. The van der Waals surface area contributed by atoms with E-state index in [9.17, 15) is 18.0 Å². The molecule has 156 valence electrons. The molecule has 0 spiro atoms. The third kappa shape index (κ3) is 4.26. The Balaban J connectivity index is 1.38. The molecule has 4 aromatic rings. The van der Waals surface area contributed by atoms with Crippen LogP contribution in [-0.4, -0.2) is 25.4 Å². The van der Waals surface area contributed by atoms with Crippen molar-refractivity contribution in [1.82, 2.24) is 19.7 Å². The van der Waals surface area contributed by atoms with E-state index in [1.807, 2.05) is 5.38 Å². The number of thiophene rings is 1. The Bertz CT molecular complexity index is 1250. The SMILES string of the molecule is Cn1c(SCCCc2nc(-c3cccc(C(F)(F)F)c3)no2)nc2sccc2c1=O. The van der Waals surface area contributed by atoms with Gasteiger partial charge < -0.3 is 4.52 Å². The standard InChI is InChI=1S/C19H15F3N4O2S2/c1-26-17(27)13-7-9-29-16(13)24-18(26)30-8-3-6-14-23-15(25-28-14)11-4-2-5-12(10-11)19(20,21)22/h2,4-5,7,9-10H,3,6,8H2,1H3. The van der Waals surface area contributed by atoms with Crippen LogP contribution in [0.4, 0.5) is 13.2 Å². The third-order valence-electron chi connectivity index (χ3n) is 4.35. The summed E-state index contributed by atoms with van der Waals surface area (Å²) in [5.41, 5.74) is -0.590. The first-order valence-electron chi connectivity index (χ1n) is 8.90. The van der Waals surface area contributed by atoms with Crippen LogP contribution in [0.1, 0.15) is 17.9 Å². The molecule has 0 saturated heterocycles. The summed E-state index contributed by atoms with van der Waals surface area (Å²) in [5, 5.41) is 6.86. The quantitative estimate of drug-likeness (QED) is 0.238. The molecule has 0 atom stereocenters. The Morgan fingerprint density at radius 3 is 2.87 bits per heavy atom. The van der Waals surface area contributed by atoms with Gasteiger partial charge in [0.25, 0.3) is 5.56 Å². The molecule has 3 aromatic heterocycles. The van der Waals surface area contributed by atoms with Gasteiger partial charge in [-0.05, 0) is 30.0 Å². The molecule has 11 heteroatoms. The summed E-state index contributed by atoms with van der Waals surface area (Å²) >= 11 is 2.87. The smallest absolute Gasteiger partial charge is 0.339 e. The number of rotatable bonds is 6. The highest BCUT2D eigenvalue weighted by Crippen LogP contribution is 2.31. The van der Waals surface area contributed by atoms with Gasteiger partial charge in [-0.25, -0.2) is 4.98 Å². The fourth-order valence-corrected chi connectivity index (χ4v) is 4.52. The number of hydrogen-bond acceptors (Lipinski definition) is 7. The van der Waals surface area contributed by atoms with E-state index in [4.69, 9.17) is 4.52 Å².